The number of hydrogen-bond donors (Lipinski definition) is 1. The number of aromatic nitrogens is 1. The quantitative estimate of drug-likeness (QED) is 0.817. The lowest BCUT2D eigenvalue weighted by Crippen LogP contribution is -2.16. The van der Waals surface area contributed by atoms with Crippen LogP contribution in [0.4, 0.5) is 0 Å². The highest BCUT2D eigenvalue weighted by atomic mass is 14.8. The van der Waals surface area contributed by atoms with Gasteiger partial charge in [0.15, 0.2) is 0 Å². The maximum absolute atomic E-state index is 4.57. The van der Waals surface area contributed by atoms with Gasteiger partial charge in [0.05, 0.1) is 5.52 Å². The zero-order chi connectivity index (χ0) is 13.7. The lowest BCUT2D eigenvalue weighted by atomic mass is 10.1. The van der Waals surface area contributed by atoms with Gasteiger partial charge in [-0.15, -0.1) is 0 Å². The molecule has 2 rings (SSSR count). The lowest BCUT2D eigenvalue weighted by Gasteiger charge is -2.07. The van der Waals surface area contributed by atoms with Crippen molar-refractivity contribution in [2.75, 3.05) is 13.1 Å². The topological polar surface area (TPSA) is 24.9 Å². The number of benzene rings is 1. The summed E-state index contributed by atoms with van der Waals surface area (Å²) < 4.78 is 0. The van der Waals surface area contributed by atoms with Crippen LogP contribution < -0.4 is 5.32 Å². The second kappa shape index (κ2) is 6.48. The molecule has 0 amide bonds. The average Bonchev–Trinajstić information content (AvgIpc) is 2.39. The van der Waals surface area contributed by atoms with Crippen molar-refractivity contribution in [3.63, 3.8) is 0 Å². The van der Waals surface area contributed by atoms with Crippen LogP contribution in [0.5, 0.6) is 0 Å². The minimum absolute atomic E-state index is 0.948. The van der Waals surface area contributed by atoms with Crippen molar-refractivity contribution in [2.45, 2.75) is 27.2 Å². The molecule has 2 nitrogen and oxygen atoms in total. The molecule has 0 saturated carbocycles. The Balaban J connectivity index is 2.31. The van der Waals surface area contributed by atoms with Crippen LogP contribution in [0.2, 0.25) is 0 Å². The standard InChI is InChI=1S/C17H22N2/c1-4-9-18-12-13(2)10-15-11-14(3)19-17-8-6-5-7-16(15)17/h5-8,10-11,18H,4,9,12H2,1-3H3. The van der Waals surface area contributed by atoms with E-state index in [1.54, 1.807) is 0 Å². The highest BCUT2D eigenvalue weighted by molar-refractivity contribution is 5.88. The Bertz CT molecular complexity index is 585. The monoisotopic (exact) mass is 254 g/mol. The molecule has 0 saturated heterocycles. The minimum atomic E-state index is 0.948. The van der Waals surface area contributed by atoms with E-state index in [0.717, 1.165) is 24.3 Å². The summed E-state index contributed by atoms with van der Waals surface area (Å²) in [5.74, 6) is 0. The second-order valence-electron chi connectivity index (χ2n) is 5.04. The normalized spacial score (nSPS) is 12.1. The predicted octanol–water partition coefficient (Wildman–Crippen LogP) is 3.95. The third-order valence-electron chi connectivity index (χ3n) is 3.11. The Morgan fingerprint density at radius 1 is 1.32 bits per heavy atom. The smallest absolute Gasteiger partial charge is 0.0711 e. The molecular weight excluding hydrogens is 232 g/mol. The van der Waals surface area contributed by atoms with Crippen LogP contribution in [0.3, 0.4) is 0 Å². The Morgan fingerprint density at radius 2 is 2.11 bits per heavy atom. The molecule has 1 aromatic carbocycles. The van der Waals surface area contributed by atoms with Crippen molar-refractivity contribution in [1.82, 2.24) is 10.3 Å². The second-order valence-corrected chi connectivity index (χ2v) is 5.04. The number of aryl methyl sites for hydroxylation is 1. The van der Waals surface area contributed by atoms with Gasteiger partial charge in [0.25, 0.3) is 0 Å². The third kappa shape index (κ3) is 3.65. The zero-order valence-corrected chi connectivity index (χ0v) is 12.0. The van der Waals surface area contributed by atoms with Crippen molar-refractivity contribution < 1.29 is 0 Å². The van der Waals surface area contributed by atoms with Gasteiger partial charge in [-0.1, -0.05) is 36.8 Å². The molecular formula is C17H22N2. The Hall–Kier alpha value is -1.67. The van der Waals surface area contributed by atoms with E-state index in [0.29, 0.717) is 0 Å². The van der Waals surface area contributed by atoms with Gasteiger partial charge in [-0.3, -0.25) is 4.98 Å². The number of nitrogens with one attached hydrogen (secondary N) is 1. The number of pyridine rings is 1. The summed E-state index contributed by atoms with van der Waals surface area (Å²) in [4.78, 5) is 4.57. The maximum atomic E-state index is 4.57. The Morgan fingerprint density at radius 3 is 2.89 bits per heavy atom. The van der Waals surface area contributed by atoms with Crippen LogP contribution in [0, 0.1) is 6.92 Å². The molecule has 0 fully saturated rings. The molecule has 0 spiro atoms. The summed E-state index contributed by atoms with van der Waals surface area (Å²) >= 11 is 0. The summed E-state index contributed by atoms with van der Waals surface area (Å²) in [6.45, 7) is 8.43. The number of para-hydroxylation sites is 1. The van der Waals surface area contributed by atoms with E-state index in [1.165, 1.54) is 22.9 Å². The lowest BCUT2D eigenvalue weighted by molar-refractivity contribution is 0.715. The highest BCUT2D eigenvalue weighted by Gasteiger charge is 2.01. The molecule has 0 radical (unpaired) electrons. The molecule has 1 aromatic heterocycles. The molecule has 0 aliphatic carbocycles. The maximum Gasteiger partial charge on any atom is 0.0711 e. The van der Waals surface area contributed by atoms with Crippen molar-refractivity contribution in [3.8, 4) is 0 Å². The molecule has 2 aromatic rings. The van der Waals surface area contributed by atoms with Crippen molar-refractivity contribution >= 4 is 17.0 Å². The minimum Gasteiger partial charge on any atom is -0.313 e. The van der Waals surface area contributed by atoms with Gasteiger partial charge in [0, 0.05) is 17.6 Å². The summed E-state index contributed by atoms with van der Waals surface area (Å²) in [5, 5.41) is 4.66. The molecule has 0 atom stereocenters. The Labute approximate surface area is 115 Å². The summed E-state index contributed by atoms with van der Waals surface area (Å²) in [6.07, 6.45) is 3.43. The molecule has 0 unspecified atom stereocenters. The fourth-order valence-electron chi connectivity index (χ4n) is 2.24. The van der Waals surface area contributed by atoms with E-state index in [1.807, 2.05) is 6.07 Å². The molecule has 2 heteroatoms. The molecule has 1 heterocycles. The Kier molecular flexibility index (Phi) is 4.69. The van der Waals surface area contributed by atoms with Gasteiger partial charge in [-0.25, -0.2) is 0 Å². The molecule has 1 N–H and O–H groups in total. The molecule has 0 bridgehead atoms. The third-order valence-corrected chi connectivity index (χ3v) is 3.11. The van der Waals surface area contributed by atoms with Gasteiger partial charge < -0.3 is 5.32 Å². The van der Waals surface area contributed by atoms with Crippen LogP contribution in [0.25, 0.3) is 17.0 Å². The number of rotatable bonds is 5. The van der Waals surface area contributed by atoms with E-state index in [2.05, 4.69) is 61.4 Å². The van der Waals surface area contributed by atoms with Crippen molar-refractivity contribution in [3.05, 3.63) is 47.2 Å². The van der Waals surface area contributed by atoms with Gasteiger partial charge in [-0.05, 0) is 44.5 Å². The van der Waals surface area contributed by atoms with E-state index < -0.39 is 0 Å². The van der Waals surface area contributed by atoms with Gasteiger partial charge in [0.1, 0.15) is 0 Å². The predicted molar refractivity (Wildman–Crippen MR) is 83.3 cm³/mol. The average molecular weight is 254 g/mol. The van der Waals surface area contributed by atoms with E-state index in [-0.39, 0.29) is 0 Å². The largest absolute Gasteiger partial charge is 0.313 e. The first kappa shape index (κ1) is 13.8. The zero-order valence-electron chi connectivity index (χ0n) is 12.0. The molecule has 19 heavy (non-hydrogen) atoms. The van der Waals surface area contributed by atoms with Crippen molar-refractivity contribution in [1.29, 1.82) is 0 Å². The SMILES string of the molecule is CCCNCC(C)=Cc1cc(C)nc2ccccc12. The first-order valence-electron chi connectivity index (χ1n) is 6.95. The summed E-state index contributed by atoms with van der Waals surface area (Å²) in [7, 11) is 0. The summed E-state index contributed by atoms with van der Waals surface area (Å²) in [6, 6.07) is 10.5. The van der Waals surface area contributed by atoms with E-state index >= 15 is 0 Å². The number of fused-ring (bicyclic) bond motifs is 1. The van der Waals surface area contributed by atoms with Crippen LogP contribution in [-0.2, 0) is 0 Å². The van der Waals surface area contributed by atoms with Crippen LogP contribution >= 0.6 is 0 Å². The number of hydrogen-bond acceptors (Lipinski definition) is 2. The van der Waals surface area contributed by atoms with Gasteiger partial charge >= 0.3 is 0 Å². The van der Waals surface area contributed by atoms with E-state index in [4.69, 9.17) is 0 Å². The van der Waals surface area contributed by atoms with Crippen LogP contribution in [-0.4, -0.2) is 18.1 Å². The fourth-order valence-corrected chi connectivity index (χ4v) is 2.24. The number of nitrogens with zero attached hydrogens (tertiary/aromatic N) is 1. The van der Waals surface area contributed by atoms with Crippen LogP contribution in [0.15, 0.2) is 35.9 Å². The first-order valence-corrected chi connectivity index (χ1v) is 6.95. The molecule has 0 aliphatic heterocycles. The summed E-state index contributed by atoms with van der Waals surface area (Å²) in [5.41, 5.74) is 4.76. The van der Waals surface area contributed by atoms with Crippen molar-refractivity contribution in [2.24, 2.45) is 0 Å². The first-order chi connectivity index (χ1) is 9.20. The molecule has 0 aliphatic rings. The van der Waals surface area contributed by atoms with E-state index in [9.17, 15) is 0 Å². The van der Waals surface area contributed by atoms with Gasteiger partial charge in [-0.2, -0.15) is 0 Å². The van der Waals surface area contributed by atoms with Gasteiger partial charge in [0.2, 0.25) is 0 Å². The fraction of sp³-hybridized carbons (Fsp3) is 0.353. The molecule has 100 valence electrons. The highest BCUT2D eigenvalue weighted by Crippen LogP contribution is 2.20. The van der Waals surface area contributed by atoms with Crippen LogP contribution in [0.1, 0.15) is 31.5 Å².